The van der Waals surface area contributed by atoms with E-state index in [-0.39, 0.29) is 11.9 Å². The Balaban J connectivity index is 1.55. The van der Waals surface area contributed by atoms with E-state index in [0.717, 1.165) is 45.7 Å². The molecule has 26 heavy (non-hydrogen) atoms. The summed E-state index contributed by atoms with van der Waals surface area (Å²) in [6, 6.07) is 3.75. The van der Waals surface area contributed by atoms with E-state index in [9.17, 15) is 9.59 Å². The standard InChI is InChI=1S/C19H29N5O2/c1-14(2)24-13-15(5-6-17(24)25)12-22-8-10-23(11-9-22)19-16(18(20)26)4-3-7-21-19/h3-4,7,14-15H,5-6,8-13H2,1-2H3,(H2,20,26). The maximum atomic E-state index is 12.0. The molecule has 1 aromatic rings. The molecule has 0 aromatic carbocycles. The molecule has 3 rings (SSSR count). The molecule has 1 unspecified atom stereocenters. The Hall–Kier alpha value is -2.15. The second-order valence-corrected chi connectivity index (χ2v) is 7.57. The molecule has 0 bridgehead atoms. The Bertz CT molecular complexity index is 655. The topological polar surface area (TPSA) is 82.8 Å². The van der Waals surface area contributed by atoms with Crippen LogP contribution in [0, 0.1) is 5.92 Å². The minimum atomic E-state index is -0.434. The van der Waals surface area contributed by atoms with E-state index >= 15 is 0 Å². The van der Waals surface area contributed by atoms with Crippen molar-refractivity contribution in [3.63, 3.8) is 0 Å². The molecule has 2 aliphatic heterocycles. The number of carbonyl (C=O) groups excluding carboxylic acids is 2. The van der Waals surface area contributed by atoms with Gasteiger partial charge < -0.3 is 15.5 Å². The van der Waals surface area contributed by atoms with E-state index in [1.165, 1.54) is 0 Å². The van der Waals surface area contributed by atoms with Gasteiger partial charge in [0.15, 0.2) is 0 Å². The number of primary amides is 1. The number of likely N-dealkylation sites (tertiary alicyclic amines) is 1. The first kappa shape index (κ1) is 18.6. The molecule has 2 aliphatic rings. The van der Waals surface area contributed by atoms with Gasteiger partial charge in [0.1, 0.15) is 5.82 Å². The van der Waals surface area contributed by atoms with Crippen molar-refractivity contribution in [1.82, 2.24) is 14.8 Å². The maximum Gasteiger partial charge on any atom is 0.252 e. The number of aromatic nitrogens is 1. The van der Waals surface area contributed by atoms with Crippen LogP contribution in [0.5, 0.6) is 0 Å². The van der Waals surface area contributed by atoms with Crippen LogP contribution < -0.4 is 10.6 Å². The summed E-state index contributed by atoms with van der Waals surface area (Å²) in [5, 5.41) is 0. The Morgan fingerprint density at radius 2 is 2.04 bits per heavy atom. The first-order chi connectivity index (χ1) is 12.5. The van der Waals surface area contributed by atoms with Gasteiger partial charge in [0.25, 0.3) is 5.91 Å². The molecule has 1 atom stereocenters. The molecule has 0 radical (unpaired) electrons. The van der Waals surface area contributed by atoms with Gasteiger partial charge in [-0.1, -0.05) is 0 Å². The summed E-state index contributed by atoms with van der Waals surface area (Å²) in [5.74, 6) is 1.08. The van der Waals surface area contributed by atoms with E-state index in [1.807, 2.05) is 4.90 Å². The minimum absolute atomic E-state index is 0.276. The molecule has 0 saturated carbocycles. The van der Waals surface area contributed by atoms with Crippen LogP contribution in [0.25, 0.3) is 0 Å². The van der Waals surface area contributed by atoms with Crippen LogP contribution in [-0.2, 0) is 4.79 Å². The lowest BCUT2D eigenvalue weighted by Crippen LogP contribution is -2.51. The number of hydrogen-bond donors (Lipinski definition) is 1. The van der Waals surface area contributed by atoms with E-state index in [2.05, 4.69) is 28.6 Å². The lowest BCUT2D eigenvalue weighted by atomic mass is 9.95. The van der Waals surface area contributed by atoms with Crippen molar-refractivity contribution in [1.29, 1.82) is 0 Å². The number of rotatable bonds is 5. The first-order valence-corrected chi connectivity index (χ1v) is 9.47. The highest BCUT2D eigenvalue weighted by atomic mass is 16.2. The zero-order valence-corrected chi connectivity index (χ0v) is 15.7. The fraction of sp³-hybridized carbons (Fsp3) is 0.632. The predicted molar refractivity (Wildman–Crippen MR) is 101 cm³/mol. The summed E-state index contributed by atoms with van der Waals surface area (Å²) in [4.78, 5) is 34.6. The second kappa shape index (κ2) is 8.03. The zero-order chi connectivity index (χ0) is 18.7. The van der Waals surface area contributed by atoms with Crippen molar-refractivity contribution in [2.24, 2.45) is 11.7 Å². The van der Waals surface area contributed by atoms with E-state index < -0.39 is 5.91 Å². The lowest BCUT2D eigenvalue weighted by Gasteiger charge is -2.40. The summed E-state index contributed by atoms with van der Waals surface area (Å²) in [6.07, 6.45) is 3.35. The van der Waals surface area contributed by atoms with Crippen molar-refractivity contribution in [3.05, 3.63) is 23.9 Å². The second-order valence-electron chi connectivity index (χ2n) is 7.57. The van der Waals surface area contributed by atoms with Gasteiger partial charge in [-0.25, -0.2) is 4.98 Å². The highest BCUT2D eigenvalue weighted by Crippen LogP contribution is 2.23. The van der Waals surface area contributed by atoms with Crippen molar-refractivity contribution in [2.75, 3.05) is 44.2 Å². The number of piperazine rings is 1. The van der Waals surface area contributed by atoms with Gasteiger partial charge in [0.2, 0.25) is 5.91 Å². The zero-order valence-electron chi connectivity index (χ0n) is 15.7. The fourth-order valence-electron chi connectivity index (χ4n) is 3.94. The number of piperidine rings is 1. The number of nitrogens with two attached hydrogens (primary N) is 1. The van der Waals surface area contributed by atoms with Crippen LogP contribution in [0.4, 0.5) is 5.82 Å². The summed E-state index contributed by atoms with van der Waals surface area (Å²) in [6.45, 7) is 9.58. The normalized spacial score (nSPS) is 22.1. The average Bonchev–Trinajstić information content (AvgIpc) is 2.63. The fourth-order valence-corrected chi connectivity index (χ4v) is 3.94. The molecule has 2 amide bonds. The largest absolute Gasteiger partial charge is 0.365 e. The Labute approximate surface area is 155 Å². The molecule has 1 aromatic heterocycles. The number of hydrogen-bond acceptors (Lipinski definition) is 5. The van der Waals surface area contributed by atoms with Crippen molar-refractivity contribution in [2.45, 2.75) is 32.7 Å². The molecule has 2 saturated heterocycles. The Morgan fingerprint density at radius 3 is 2.69 bits per heavy atom. The molecule has 2 N–H and O–H groups in total. The summed E-state index contributed by atoms with van der Waals surface area (Å²) in [7, 11) is 0. The summed E-state index contributed by atoms with van der Waals surface area (Å²) >= 11 is 0. The van der Waals surface area contributed by atoms with Gasteiger partial charge in [-0.3, -0.25) is 14.5 Å². The highest BCUT2D eigenvalue weighted by Gasteiger charge is 2.29. The molecular formula is C19H29N5O2. The molecular weight excluding hydrogens is 330 g/mol. The molecule has 3 heterocycles. The quantitative estimate of drug-likeness (QED) is 0.846. The number of anilines is 1. The predicted octanol–water partition coefficient (Wildman–Crippen LogP) is 0.950. The van der Waals surface area contributed by atoms with Gasteiger partial charge in [0.05, 0.1) is 5.56 Å². The first-order valence-electron chi connectivity index (χ1n) is 9.47. The monoisotopic (exact) mass is 359 g/mol. The van der Waals surface area contributed by atoms with Gasteiger partial charge in [-0.15, -0.1) is 0 Å². The van der Waals surface area contributed by atoms with Crippen LogP contribution in [0.2, 0.25) is 0 Å². The summed E-state index contributed by atoms with van der Waals surface area (Å²) in [5.41, 5.74) is 5.96. The molecule has 2 fully saturated rings. The van der Waals surface area contributed by atoms with Crippen LogP contribution in [0.1, 0.15) is 37.0 Å². The maximum absolute atomic E-state index is 12.0. The SMILES string of the molecule is CC(C)N1CC(CN2CCN(c3ncccc3C(N)=O)CC2)CCC1=O. The van der Waals surface area contributed by atoms with E-state index in [1.54, 1.807) is 18.3 Å². The van der Waals surface area contributed by atoms with Gasteiger partial charge in [0, 0.05) is 57.9 Å². The van der Waals surface area contributed by atoms with Crippen LogP contribution in [0.3, 0.4) is 0 Å². The van der Waals surface area contributed by atoms with E-state index in [0.29, 0.717) is 23.7 Å². The molecule has 7 heteroatoms. The van der Waals surface area contributed by atoms with Crippen LogP contribution in [0.15, 0.2) is 18.3 Å². The third-order valence-corrected chi connectivity index (χ3v) is 5.41. The molecule has 7 nitrogen and oxygen atoms in total. The minimum Gasteiger partial charge on any atom is -0.365 e. The molecule has 142 valence electrons. The highest BCUT2D eigenvalue weighted by molar-refractivity contribution is 5.97. The lowest BCUT2D eigenvalue weighted by molar-refractivity contribution is -0.137. The van der Waals surface area contributed by atoms with Gasteiger partial charge in [-0.05, 0) is 38.3 Å². The molecule has 0 spiro atoms. The van der Waals surface area contributed by atoms with Crippen LogP contribution in [-0.4, -0.2) is 71.9 Å². The number of nitrogens with zero attached hydrogens (tertiary/aromatic N) is 4. The van der Waals surface area contributed by atoms with Gasteiger partial charge >= 0.3 is 0 Å². The summed E-state index contributed by atoms with van der Waals surface area (Å²) < 4.78 is 0. The third-order valence-electron chi connectivity index (χ3n) is 5.41. The average molecular weight is 359 g/mol. The van der Waals surface area contributed by atoms with Gasteiger partial charge in [-0.2, -0.15) is 0 Å². The van der Waals surface area contributed by atoms with E-state index in [4.69, 9.17) is 5.73 Å². The molecule has 0 aliphatic carbocycles. The number of amides is 2. The Kier molecular flexibility index (Phi) is 5.76. The van der Waals surface area contributed by atoms with Crippen molar-refractivity contribution in [3.8, 4) is 0 Å². The smallest absolute Gasteiger partial charge is 0.252 e. The van der Waals surface area contributed by atoms with Crippen molar-refractivity contribution < 1.29 is 9.59 Å². The third kappa shape index (κ3) is 4.15. The van der Waals surface area contributed by atoms with Crippen LogP contribution >= 0.6 is 0 Å². The number of carbonyl (C=O) groups is 2. The Morgan fingerprint density at radius 1 is 1.31 bits per heavy atom. The number of pyridine rings is 1. The van der Waals surface area contributed by atoms with Crippen molar-refractivity contribution >= 4 is 17.6 Å².